The summed E-state index contributed by atoms with van der Waals surface area (Å²) < 4.78 is 6.70. The van der Waals surface area contributed by atoms with Gasteiger partial charge in [0.2, 0.25) is 0 Å². The molecule has 0 aliphatic heterocycles. The summed E-state index contributed by atoms with van der Waals surface area (Å²) in [5.74, 6) is -0.373. The maximum Gasteiger partial charge on any atom is 0.408 e. The van der Waals surface area contributed by atoms with Crippen LogP contribution in [-0.4, -0.2) is 38.7 Å². The summed E-state index contributed by atoms with van der Waals surface area (Å²) in [5, 5.41) is 15.5. The standard InChI is InChI=1S/C15H17N3O4S/c19-14(20)13(10-23-11-18-8-4-7-16-18)17-15(21)22-9-12-5-2-1-3-6-12/h1-8,13H,9-11H2,(H,17,21)(H,19,20). The monoisotopic (exact) mass is 335 g/mol. The molecule has 0 spiro atoms. The summed E-state index contributed by atoms with van der Waals surface area (Å²) in [6.07, 6.45) is 2.68. The van der Waals surface area contributed by atoms with Crippen LogP contribution in [0.2, 0.25) is 0 Å². The predicted octanol–water partition coefficient (Wildman–Crippen LogP) is 1.95. The van der Waals surface area contributed by atoms with Crippen molar-refractivity contribution in [3.63, 3.8) is 0 Å². The molecule has 1 atom stereocenters. The molecule has 2 N–H and O–H groups in total. The van der Waals surface area contributed by atoms with Crippen LogP contribution in [0.15, 0.2) is 48.8 Å². The van der Waals surface area contributed by atoms with Gasteiger partial charge in [-0.25, -0.2) is 9.59 Å². The van der Waals surface area contributed by atoms with Crippen LogP contribution in [-0.2, 0) is 22.0 Å². The van der Waals surface area contributed by atoms with Crippen LogP contribution in [0.1, 0.15) is 5.56 Å². The van der Waals surface area contributed by atoms with E-state index >= 15 is 0 Å². The van der Waals surface area contributed by atoms with Crippen molar-refractivity contribution >= 4 is 23.8 Å². The molecule has 0 aliphatic rings. The van der Waals surface area contributed by atoms with Gasteiger partial charge in [-0.3, -0.25) is 4.68 Å². The molecule has 0 fully saturated rings. The van der Waals surface area contributed by atoms with E-state index in [1.165, 1.54) is 11.8 Å². The lowest BCUT2D eigenvalue weighted by Gasteiger charge is -2.14. The van der Waals surface area contributed by atoms with E-state index < -0.39 is 18.1 Å². The number of carbonyl (C=O) groups is 2. The van der Waals surface area contributed by atoms with Gasteiger partial charge in [-0.2, -0.15) is 5.10 Å². The molecule has 7 nitrogen and oxygen atoms in total. The van der Waals surface area contributed by atoms with Gasteiger partial charge in [-0.15, -0.1) is 11.8 Å². The van der Waals surface area contributed by atoms with Gasteiger partial charge in [0.1, 0.15) is 12.6 Å². The number of nitrogens with one attached hydrogen (secondary N) is 1. The molecule has 8 heteroatoms. The van der Waals surface area contributed by atoms with Crippen molar-refractivity contribution in [3.05, 3.63) is 54.4 Å². The normalized spacial score (nSPS) is 11.7. The van der Waals surface area contributed by atoms with Crippen LogP contribution in [0.4, 0.5) is 4.79 Å². The second-order valence-electron chi connectivity index (χ2n) is 4.64. The first-order valence-electron chi connectivity index (χ1n) is 6.90. The van der Waals surface area contributed by atoms with E-state index in [-0.39, 0.29) is 12.4 Å². The molecule has 2 rings (SSSR count). The van der Waals surface area contributed by atoms with Crippen LogP contribution in [0.3, 0.4) is 0 Å². The van der Waals surface area contributed by atoms with Crippen molar-refractivity contribution in [1.82, 2.24) is 15.1 Å². The van der Waals surface area contributed by atoms with E-state index in [1.807, 2.05) is 30.3 Å². The van der Waals surface area contributed by atoms with E-state index in [2.05, 4.69) is 10.4 Å². The zero-order chi connectivity index (χ0) is 16.5. The van der Waals surface area contributed by atoms with Gasteiger partial charge in [0.15, 0.2) is 0 Å². The molecule has 1 unspecified atom stereocenters. The molecule has 0 aliphatic carbocycles. The SMILES string of the molecule is O=C(NC(CSCn1cccn1)C(=O)O)OCc1ccccc1. The molecular weight excluding hydrogens is 318 g/mol. The highest BCUT2D eigenvalue weighted by molar-refractivity contribution is 7.98. The fourth-order valence-corrected chi connectivity index (χ4v) is 2.63. The third kappa shape index (κ3) is 6.03. The zero-order valence-corrected chi connectivity index (χ0v) is 13.1. The molecular formula is C15H17N3O4S. The lowest BCUT2D eigenvalue weighted by Crippen LogP contribution is -2.42. The molecule has 0 bridgehead atoms. The van der Waals surface area contributed by atoms with Gasteiger partial charge in [-0.1, -0.05) is 30.3 Å². The number of alkyl carbamates (subject to hydrolysis) is 1. The Morgan fingerprint density at radius 1 is 1.30 bits per heavy atom. The third-order valence-corrected chi connectivity index (χ3v) is 3.89. The number of carbonyl (C=O) groups excluding carboxylic acids is 1. The third-order valence-electron chi connectivity index (χ3n) is 2.87. The first kappa shape index (κ1) is 16.9. The maximum atomic E-state index is 11.7. The van der Waals surface area contributed by atoms with Gasteiger partial charge in [-0.05, 0) is 11.6 Å². The number of aromatic nitrogens is 2. The number of aliphatic carboxylic acids is 1. The van der Waals surface area contributed by atoms with Gasteiger partial charge in [0.25, 0.3) is 0 Å². The van der Waals surface area contributed by atoms with E-state index in [4.69, 9.17) is 9.84 Å². The molecule has 1 heterocycles. The molecule has 1 aromatic heterocycles. The van der Waals surface area contributed by atoms with E-state index in [1.54, 1.807) is 23.1 Å². The summed E-state index contributed by atoms with van der Waals surface area (Å²) in [6.45, 7) is 0.0967. The average Bonchev–Trinajstić information content (AvgIpc) is 3.06. The molecule has 1 aromatic carbocycles. The summed E-state index contributed by atoms with van der Waals surface area (Å²) in [7, 11) is 0. The Labute approximate surface area is 137 Å². The number of thioether (sulfide) groups is 1. The first-order valence-corrected chi connectivity index (χ1v) is 8.06. The maximum absolute atomic E-state index is 11.7. The summed E-state index contributed by atoms with van der Waals surface area (Å²) in [4.78, 5) is 22.9. The topological polar surface area (TPSA) is 93.5 Å². The Morgan fingerprint density at radius 2 is 2.09 bits per heavy atom. The van der Waals surface area contributed by atoms with Crippen LogP contribution in [0, 0.1) is 0 Å². The highest BCUT2D eigenvalue weighted by Crippen LogP contribution is 2.07. The number of carboxylic acid groups (broad SMARTS) is 1. The van der Waals surface area contributed by atoms with Crippen molar-refractivity contribution < 1.29 is 19.4 Å². The zero-order valence-electron chi connectivity index (χ0n) is 12.3. The lowest BCUT2D eigenvalue weighted by molar-refractivity contribution is -0.138. The fourth-order valence-electron chi connectivity index (χ4n) is 1.72. The molecule has 0 saturated carbocycles. The highest BCUT2D eigenvalue weighted by Gasteiger charge is 2.20. The fraction of sp³-hybridized carbons (Fsp3) is 0.267. The summed E-state index contributed by atoms with van der Waals surface area (Å²) in [6, 6.07) is 9.95. The minimum absolute atomic E-state index is 0.0967. The van der Waals surface area contributed by atoms with Crippen LogP contribution >= 0.6 is 11.8 Å². The van der Waals surface area contributed by atoms with Crippen molar-refractivity contribution in [2.75, 3.05) is 5.75 Å². The van der Waals surface area contributed by atoms with Crippen molar-refractivity contribution in [2.45, 2.75) is 18.5 Å². The predicted molar refractivity (Wildman–Crippen MR) is 85.9 cm³/mol. The highest BCUT2D eigenvalue weighted by atomic mass is 32.2. The van der Waals surface area contributed by atoms with Crippen LogP contribution in [0.25, 0.3) is 0 Å². The minimum Gasteiger partial charge on any atom is -0.480 e. The number of benzene rings is 1. The molecule has 2 aromatic rings. The second-order valence-corrected chi connectivity index (χ2v) is 5.64. The number of carboxylic acids is 1. The number of hydrogen-bond donors (Lipinski definition) is 2. The average molecular weight is 335 g/mol. The van der Waals surface area contributed by atoms with Crippen LogP contribution < -0.4 is 5.32 Å². The quantitative estimate of drug-likeness (QED) is 0.766. The summed E-state index contributed by atoms with van der Waals surface area (Å²) >= 11 is 1.35. The summed E-state index contributed by atoms with van der Waals surface area (Å²) in [5.41, 5.74) is 0.836. The minimum atomic E-state index is -1.10. The Balaban J connectivity index is 1.74. The Morgan fingerprint density at radius 3 is 2.74 bits per heavy atom. The number of nitrogens with zero attached hydrogens (tertiary/aromatic N) is 2. The van der Waals surface area contributed by atoms with Gasteiger partial charge < -0.3 is 15.2 Å². The molecule has 0 saturated heterocycles. The van der Waals surface area contributed by atoms with Gasteiger partial charge in [0, 0.05) is 18.1 Å². The van der Waals surface area contributed by atoms with Crippen molar-refractivity contribution in [1.29, 1.82) is 0 Å². The van der Waals surface area contributed by atoms with E-state index in [0.29, 0.717) is 5.88 Å². The largest absolute Gasteiger partial charge is 0.480 e. The van der Waals surface area contributed by atoms with Gasteiger partial charge >= 0.3 is 12.1 Å². The Bertz CT molecular complexity index is 619. The molecule has 1 amide bonds. The van der Waals surface area contributed by atoms with Crippen molar-refractivity contribution in [3.8, 4) is 0 Å². The first-order chi connectivity index (χ1) is 11.1. The van der Waals surface area contributed by atoms with E-state index in [9.17, 15) is 9.59 Å². The number of hydrogen-bond acceptors (Lipinski definition) is 5. The van der Waals surface area contributed by atoms with E-state index in [0.717, 1.165) is 5.56 Å². The molecule has 122 valence electrons. The van der Waals surface area contributed by atoms with Crippen LogP contribution in [0.5, 0.6) is 0 Å². The smallest absolute Gasteiger partial charge is 0.408 e. The van der Waals surface area contributed by atoms with Gasteiger partial charge in [0.05, 0.1) is 5.88 Å². The number of rotatable bonds is 8. The molecule has 0 radical (unpaired) electrons. The Kier molecular flexibility index (Phi) is 6.49. The molecule has 23 heavy (non-hydrogen) atoms. The Hall–Kier alpha value is -2.48. The van der Waals surface area contributed by atoms with Crippen molar-refractivity contribution in [2.24, 2.45) is 0 Å². The number of amides is 1. The lowest BCUT2D eigenvalue weighted by atomic mass is 10.2. The second kappa shape index (κ2) is 8.84. The number of ether oxygens (including phenoxy) is 1.